The third-order valence-electron chi connectivity index (χ3n) is 4.29. The monoisotopic (exact) mass is 418 g/mol. The van der Waals surface area contributed by atoms with Crippen molar-refractivity contribution < 1.29 is 17.9 Å². The van der Waals surface area contributed by atoms with Gasteiger partial charge >= 0.3 is 5.97 Å². The van der Waals surface area contributed by atoms with Gasteiger partial charge in [-0.15, -0.1) is 0 Å². The van der Waals surface area contributed by atoms with Crippen LogP contribution in [-0.4, -0.2) is 25.6 Å². The minimum absolute atomic E-state index is 0.0159. The van der Waals surface area contributed by atoms with Gasteiger partial charge in [0.05, 0.1) is 22.8 Å². The number of halogens is 1. The summed E-state index contributed by atoms with van der Waals surface area (Å²) in [4.78, 5) is 12.4. The number of carbonyl (C=O) groups is 1. The predicted molar refractivity (Wildman–Crippen MR) is 108 cm³/mol. The summed E-state index contributed by atoms with van der Waals surface area (Å²) in [6.07, 6.45) is 0. The topological polar surface area (TPSA) is 91.4 Å². The van der Waals surface area contributed by atoms with Gasteiger partial charge in [0.2, 0.25) is 10.0 Å². The highest BCUT2D eigenvalue weighted by molar-refractivity contribution is 7.89. The second-order valence-electron chi connectivity index (χ2n) is 6.13. The molecule has 0 amide bonds. The molecule has 6 nitrogen and oxygen atoms in total. The van der Waals surface area contributed by atoms with Crippen LogP contribution in [0.2, 0.25) is 5.02 Å². The standard InChI is InChI=1S/C20H19ClN2O4S/c1-3-27-20(24)18-12-19(14-7-9-15(21)10-8-14)23(13(18)2)16-5-4-6-17(11-16)28(22,25)26/h4-12H,3H2,1-2H3,(H2,22,25,26). The molecule has 0 saturated carbocycles. The number of ether oxygens (including phenoxy) is 1. The number of nitrogens with zero attached hydrogens (tertiary/aromatic N) is 1. The van der Waals surface area contributed by atoms with Gasteiger partial charge in [0.1, 0.15) is 0 Å². The number of sulfonamides is 1. The maximum atomic E-state index is 12.4. The first-order chi connectivity index (χ1) is 13.2. The molecule has 0 aliphatic heterocycles. The Kier molecular flexibility index (Phi) is 5.60. The van der Waals surface area contributed by atoms with Crippen LogP contribution in [0, 0.1) is 6.92 Å². The largest absolute Gasteiger partial charge is 0.462 e. The van der Waals surface area contributed by atoms with Gasteiger partial charge in [0, 0.05) is 16.4 Å². The molecule has 3 aromatic rings. The van der Waals surface area contributed by atoms with Crippen molar-refractivity contribution in [2.24, 2.45) is 5.14 Å². The molecule has 0 atom stereocenters. The quantitative estimate of drug-likeness (QED) is 0.635. The smallest absolute Gasteiger partial charge is 0.339 e. The van der Waals surface area contributed by atoms with Crippen molar-refractivity contribution >= 4 is 27.6 Å². The van der Waals surface area contributed by atoms with Crippen molar-refractivity contribution in [1.29, 1.82) is 0 Å². The Morgan fingerprint density at radius 3 is 2.43 bits per heavy atom. The van der Waals surface area contributed by atoms with Crippen LogP contribution in [0.15, 0.2) is 59.5 Å². The molecule has 1 heterocycles. The molecular weight excluding hydrogens is 400 g/mol. The van der Waals surface area contributed by atoms with Crippen molar-refractivity contribution in [2.75, 3.05) is 6.61 Å². The predicted octanol–water partition coefficient (Wildman–Crippen LogP) is 3.93. The van der Waals surface area contributed by atoms with Gasteiger partial charge in [0.15, 0.2) is 0 Å². The Labute approximate surface area is 168 Å². The Morgan fingerprint density at radius 2 is 1.82 bits per heavy atom. The minimum atomic E-state index is -3.87. The number of esters is 1. The summed E-state index contributed by atoms with van der Waals surface area (Å²) < 4.78 is 30.5. The normalized spacial score (nSPS) is 11.4. The summed E-state index contributed by atoms with van der Waals surface area (Å²) in [5.41, 5.74) is 3.08. The number of benzene rings is 2. The minimum Gasteiger partial charge on any atom is -0.462 e. The average molecular weight is 419 g/mol. The molecule has 0 fully saturated rings. The number of hydrogen-bond donors (Lipinski definition) is 1. The van der Waals surface area contributed by atoms with Crippen LogP contribution >= 0.6 is 11.6 Å². The van der Waals surface area contributed by atoms with E-state index < -0.39 is 16.0 Å². The van der Waals surface area contributed by atoms with E-state index in [2.05, 4.69) is 0 Å². The lowest BCUT2D eigenvalue weighted by atomic mass is 10.1. The average Bonchev–Trinajstić information content (AvgIpc) is 2.99. The molecule has 1 aromatic heterocycles. The molecule has 0 radical (unpaired) electrons. The fourth-order valence-electron chi connectivity index (χ4n) is 2.99. The van der Waals surface area contributed by atoms with E-state index in [4.69, 9.17) is 21.5 Å². The number of nitrogens with two attached hydrogens (primary N) is 1. The fourth-order valence-corrected chi connectivity index (χ4v) is 3.67. The first-order valence-electron chi connectivity index (χ1n) is 8.51. The van der Waals surface area contributed by atoms with Crippen molar-refractivity contribution in [3.8, 4) is 16.9 Å². The number of hydrogen-bond acceptors (Lipinski definition) is 4. The van der Waals surface area contributed by atoms with E-state index in [0.29, 0.717) is 27.7 Å². The van der Waals surface area contributed by atoms with Gasteiger partial charge in [0.25, 0.3) is 0 Å². The van der Waals surface area contributed by atoms with Crippen LogP contribution < -0.4 is 5.14 Å². The van der Waals surface area contributed by atoms with Crippen molar-refractivity contribution in [2.45, 2.75) is 18.7 Å². The highest BCUT2D eigenvalue weighted by Crippen LogP contribution is 2.31. The van der Waals surface area contributed by atoms with Crippen LogP contribution in [0.4, 0.5) is 0 Å². The number of carbonyl (C=O) groups excluding carboxylic acids is 1. The summed E-state index contributed by atoms with van der Waals surface area (Å²) in [5.74, 6) is -0.448. The second-order valence-corrected chi connectivity index (χ2v) is 8.13. The molecule has 146 valence electrons. The Bertz CT molecular complexity index is 1140. The van der Waals surface area contributed by atoms with E-state index >= 15 is 0 Å². The van der Waals surface area contributed by atoms with Crippen LogP contribution in [-0.2, 0) is 14.8 Å². The van der Waals surface area contributed by atoms with Crippen molar-refractivity contribution in [3.63, 3.8) is 0 Å². The molecule has 0 saturated heterocycles. The zero-order chi connectivity index (χ0) is 20.5. The van der Waals surface area contributed by atoms with E-state index in [1.165, 1.54) is 12.1 Å². The molecule has 2 N–H and O–H groups in total. The van der Waals surface area contributed by atoms with Crippen LogP contribution in [0.25, 0.3) is 16.9 Å². The number of aromatic nitrogens is 1. The van der Waals surface area contributed by atoms with E-state index in [0.717, 1.165) is 5.56 Å². The summed E-state index contributed by atoms with van der Waals surface area (Å²) >= 11 is 5.99. The first kappa shape index (κ1) is 20.1. The van der Waals surface area contributed by atoms with E-state index in [-0.39, 0.29) is 11.5 Å². The zero-order valence-corrected chi connectivity index (χ0v) is 16.9. The maximum Gasteiger partial charge on any atom is 0.339 e. The molecule has 8 heteroatoms. The Balaban J connectivity index is 2.27. The summed E-state index contributed by atoms with van der Waals surface area (Å²) in [7, 11) is -3.87. The lowest BCUT2D eigenvalue weighted by molar-refractivity contribution is 0.0525. The molecule has 2 aromatic carbocycles. The number of rotatable bonds is 5. The second kappa shape index (κ2) is 7.79. The third kappa shape index (κ3) is 3.96. The molecule has 0 unspecified atom stereocenters. The van der Waals surface area contributed by atoms with Crippen LogP contribution in [0.5, 0.6) is 0 Å². The van der Waals surface area contributed by atoms with Crippen molar-refractivity contribution in [3.05, 3.63) is 70.9 Å². The molecule has 3 rings (SSSR count). The highest BCUT2D eigenvalue weighted by Gasteiger charge is 2.21. The van der Waals surface area contributed by atoms with Gasteiger partial charge in [-0.2, -0.15) is 0 Å². The van der Waals surface area contributed by atoms with Gasteiger partial charge < -0.3 is 9.30 Å². The molecule has 0 aliphatic rings. The number of primary sulfonamides is 1. The fraction of sp³-hybridized carbons (Fsp3) is 0.150. The summed E-state index contributed by atoms with van der Waals surface area (Å²) in [5, 5.41) is 5.86. The summed E-state index contributed by atoms with van der Waals surface area (Å²) in [6, 6.07) is 15.1. The van der Waals surface area contributed by atoms with Gasteiger partial charge in [-0.1, -0.05) is 29.8 Å². The summed E-state index contributed by atoms with van der Waals surface area (Å²) in [6.45, 7) is 3.76. The first-order valence-corrected chi connectivity index (χ1v) is 10.4. The van der Waals surface area contributed by atoms with Gasteiger partial charge in [-0.25, -0.2) is 18.4 Å². The molecule has 0 spiro atoms. The third-order valence-corrected chi connectivity index (χ3v) is 5.45. The van der Waals surface area contributed by atoms with Gasteiger partial charge in [-0.05, 0) is 55.8 Å². The van der Waals surface area contributed by atoms with E-state index in [1.54, 1.807) is 48.7 Å². The molecule has 0 bridgehead atoms. The van der Waals surface area contributed by atoms with Crippen LogP contribution in [0.3, 0.4) is 0 Å². The molecule has 0 aliphatic carbocycles. The van der Waals surface area contributed by atoms with Gasteiger partial charge in [-0.3, -0.25) is 0 Å². The SMILES string of the molecule is CCOC(=O)c1cc(-c2ccc(Cl)cc2)n(-c2cccc(S(N)(=O)=O)c2)c1C. The lowest BCUT2D eigenvalue weighted by Crippen LogP contribution is -2.13. The zero-order valence-electron chi connectivity index (χ0n) is 15.3. The van der Waals surface area contributed by atoms with E-state index in [1.807, 2.05) is 12.1 Å². The molecular formula is C20H19ClN2O4S. The maximum absolute atomic E-state index is 12.4. The highest BCUT2D eigenvalue weighted by atomic mass is 35.5. The Morgan fingerprint density at radius 1 is 1.14 bits per heavy atom. The van der Waals surface area contributed by atoms with Crippen molar-refractivity contribution in [1.82, 2.24) is 4.57 Å². The lowest BCUT2D eigenvalue weighted by Gasteiger charge is -2.13. The Hall–Kier alpha value is -2.61. The molecule has 28 heavy (non-hydrogen) atoms. The van der Waals surface area contributed by atoms with Crippen LogP contribution in [0.1, 0.15) is 23.0 Å². The van der Waals surface area contributed by atoms with E-state index in [9.17, 15) is 13.2 Å².